The van der Waals surface area contributed by atoms with Gasteiger partial charge in [-0.15, -0.1) is 0 Å². The SMILES string of the molecule is CCN(CC)C(=O)c1cccc(NC(=O)C(C)(CC(=O)O)C2CCCCC2)c1. The van der Waals surface area contributed by atoms with Crippen LogP contribution in [0.1, 0.15) is 69.7 Å². The molecule has 6 nitrogen and oxygen atoms in total. The fourth-order valence-corrected chi connectivity index (χ4v) is 4.16. The molecule has 0 heterocycles. The summed E-state index contributed by atoms with van der Waals surface area (Å²) in [5.41, 5.74) is 0.0695. The van der Waals surface area contributed by atoms with E-state index in [0.29, 0.717) is 24.3 Å². The van der Waals surface area contributed by atoms with E-state index in [4.69, 9.17) is 0 Å². The van der Waals surface area contributed by atoms with Gasteiger partial charge >= 0.3 is 5.97 Å². The summed E-state index contributed by atoms with van der Waals surface area (Å²) in [6.07, 6.45) is 4.75. The van der Waals surface area contributed by atoms with E-state index in [-0.39, 0.29) is 24.2 Å². The van der Waals surface area contributed by atoms with Gasteiger partial charge in [-0.1, -0.05) is 25.3 Å². The summed E-state index contributed by atoms with van der Waals surface area (Å²) < 4.78 is 0. The number of carboxylic acids is 1. The number of carbonyl (C=O) groups excluding carboxylic acids is 2. The third kappa shape index (κ3) is 5.12. The Morgan fingerprint density at radius 2 is 1.79 bits per heavy atom. The first-order valence-corrected chi connectivity index (χ1v) is 10.2. The molecule has 1 saturated carbocycles. The number of rotatable bonds is 8. The monoisotopic (exact) mass is 388 g/mol. The molecule has 6 heteroatoms. The molecule has 1 fully saturated rings. The van der Waals surface area contributed by atoms with E-state index in [9.17, 15) is 19.5 Å². The van der Waals surface area contributed by atoms with Crippen molar-refractivity contribution in [2.24, 2.45) is 11.3 Å². The summed E-state index contributed by atoms with van der Waals surface area (Å²) in [6, 6.07) is 6.87. The molecule has 1 aromatic rings. The maximum Gasteiger partial charge on any atom is 0.304 e. The Balaban J connectivity index is 2.22. The minimum Gasteiger partial charge on any atom is -0.481 e. The smallest absolute Gasteiger partial charge is 0.304 e. The Morgan fingerprint density at radius 3 is 2.36 bits per heavy atom. The van der Waals surface area contributed by atoms with Crippen LogP contribution in [0.5, 0.6) is 0 Å². The van der Waals surface area contributed by atoms with E-state index in [1.54, 1.807) is 36.1 Å². The number of nitrogens with zero attached hydrogens (tertiary/aromatic N) is 1. The fraction of sp³-hybridized carbons (Fsp3) is 0.591. The van der Waals surface area contributed by atoms with E-state index in [1.165, 1.54) is 0 Å². The first-order valence-electron chi connectivity index (χ1n) is 10.2. The molecule has 0 radical (unpaired) electrons. The zero-order chi connectivity index (χ0) is 20.7. The fourth-order valence-electron chi connectivity index (χ4n) is 4.16. The van der Waals surface area contributed by atoms with Gasteiger partial charge in [-0.3, -0.25) is 14.4 Å². The average molecular weight is 389 g/mol. The first kappa shape index (κ1) is 21.9. The van der Waals surface area contributed by atoms with Crippen molar-refractivity contribution in [3.63, 3.8) is 0 Å². The lowest BCUT2D eigenvalue weighted by Crippen LogP contribution is -2.42. The van der Waals surface area contributed by atoms with Crippen molar-refractivity contribution in [2.45, 2.75) is 59.3 Å². The van der Waals surface area contributed by atoms with Gasteiger partial charge in [0.15, 0.2) is 0 Å². The van der Waals surface area contributed by atoms with E-state index < -0.39 is 11.4 Å². The van der Waals surface area contributed by atoms with Crippen LogP contribution < -0.4 is 5.32 Å². The lowest BCUT2D eigenvalue weighted by Gasteiger charge is -2.37. The van der Waals surface area contributed by atoms with E-state index in [1.807, 2.05) is 13.8 Å². The van der Waals surface area contributed by atoms with Gasteiger partial charge < -0.3 is 15.3 Å². The van der Waals surface area contributed by atoms with Crippen LogP contribution in [-0.4, -0.2) is 40.9 Å². The number of carbonyl (C=O) groups is 3. The van der Waals surface area contributed by atoms with Crippen molar-refractivity contribution in [1.29, 1.82) is 0 Å². The van der Waals surface area contributed by atoms with Crippen LogP contribution in [0.25, 0.3) is 0 Å². The van der Waals surface area contributed by atoms with Crippen molar-refractivity contribution in [3.05, 3.63) is 29.8 Å². The highest BCUT2D eigenvalue weighted by atomic mass is 16.4. The minimum absolute atomic E-state index is 0.0536. The molecular weight excluding hydrogens is 356 g/mol. The van der Waals surface area contributed by atoms with Gasteiger partial charge in [-0.05, 0) is 57.7 Å². The Morgan fingerprint density at radius 1 is 1.14 bits per heavy atom. The predicted molar refractivity (Wildman–Crippen MR) is 109 cm³/mol. The summed E-state index contributed by atoms with van der Waals surface area (Å²) >= 11 is 0. The predicted octanol–water partition coefficient (Wildman–Crippen LogP) is 4.17. The summed E-state index contributed by atoms with van der Waals surface area (Å²) in [5, 5.41) is 12.3. The van der Waals surface area contributed by atoms with Gasteiger partial charge in [0, 0.05) is 24.3 Å². The molecule has 154 valence electrons. The zero-order valence-electron chi connectivity index (χ0n) is 17.2. The third-order valence-corrected chi connectivity index (χ3v) is 5.96. The molecule has 0 spiro atoms. The number of carboxylic acid groups (broad SMARTS) is 1. The van der Waals surface area contributed by atoms with Crippen LogP contribution in [0.2, 0.25) is 0 Å². The van der Waals surface area contributed by atoms with Crippen LogP contribution in [0.3, 0.4) is 0 Å². The lowest BCUT2D eigenvalue weighted by molar-refractivity contribution is -0.145. The number of hydrogen-bond donors (Lipinski definition) is 2. The Hall–Kier alpha value is -2.37. The molecule has 1 atom stereocenters. The molecule has 1 unspecified atom stereocenters. The van der Waals surface area contributed by atoms with Crippen molar-refractivity contribution in [1.82, 2.24) is 4.90 Å². The van der Waals surface area contributed by atoms with Crippen LogP contribution in [0.4, 0.5) is 5.69 Å². The Bertz CT molecular complexity index is 708. The molecule has 28 heavy (non-hydrogen) atoms. The first-order chi connectivity index (χ1) is 13.3. The molecule has 1 aromatic carbocycles. The highest BCUT2D eigenvalue weighted by Crippen LogP contribution is 2.42. The highest BCUT2D eigenvalue weighted by Gasteiger charge is 2.43. The van der Waals surface area contributed by atoms with E-state index in [2.05, 4.69) is 5.32 Å². The number of aliphatic carboxylic acids is 1. The summed E-state index contributed by atoms with van der Waals surface area (Å²) in [7, 11) is 0. The van der Waals surface area contributed by atoms with Crippen LogP contribution in [0.15, 0.2) is 24.3 Å². The zero-order valence-corrected chi connectivity index (χ0v) is 17.2. The quantitative estimate of drug-likeness (QED) is 0.700. The number of benzene rings is 1. The van der Waals surface area contributed by atoms with E-state index in [0.717, 1.165) is 32.1 Å². The maximum atomic E-state index is 13.1. The lowest BCUT2D eigenvalue weighted by atomic mass is 9.67. The molecule has 0 aliphatic heterocycles. The second-order valence-corrected chi connectivity index (χ2v) is 7.84. The Labute approximate surface area is 167 Å². The van der Waals surface area contributed by atoms with Crippen molar-refractivity contribution in [3.8, 4) is 0 Å². The number of anilines is 1. The molecule has 1 aliphatic rings. The normalized spacial score (nSPS) is 16.8. The molecule has 2 N–H and O–H groups in total. The molecule has 0 saturated heterocycles. The summed E-state index contributed by atoms with van der Waals surface area (Å²) in [6.45, 7) is 6.84. The molecule has 1 aliphatic carbocycles. The Kier molecular flexibility index (Phi) is 7.61. The van der Waals surface area contributed by atoms with Crippen LogP contribution in [-0.2, 0) is 9.59 Å². The number of amides is 2. The topological polar surface area (TPSA) is 86.7 Å². The standard InChI is InChI=1S/C22H32N2O4/c1-4-24(5-2)20(27)16-10-9-13-18(14-16)23-21(28)22(3,15-19(25)26)17-11-7-6-8-12-17/h9-10,13-14,17H,4-8,11-12,15H2,1-3H3,(H,23,28)(H,25,26). The summed E-state index contributed by atoms with van der Waals surface area (Å²) in [5.74, 6) is -1.28. The minimum atomic E-state index is -0.967. The second kappa shape index (κ2) is 9.71. The third-order valence-electron chi connectivity index (χ3n) is 5.96. The maximum absolute atomic E-state index is 13.1. The van der Waals surface area contributed by atoms with Crippen molar-refractivity contribution >= 4 is 23.5 Å². The second-order valence-electron chi connectivity index (χ2n) is 7.84. The summed E-state index contributed by atoms with van der Waals surface area (Å²) in [4.78, 5) is 38.9. The molecule has 0 aromatic heterocycles. The molecular formula is C22H32N2O4. The number of hydrogen-bond acceptors (Lipinski definition) is 3. The van der Waals surface area contributed by atoms with Gasteiger partial charge in [0.2, 0.25) is 5.91 Å². The largest absolute Gasteiger partial charge is 0.481 e. The number of nitrogens with one attached hydrogen (secondary N) is 1. The van der Waals surface area contributed by atoms with E-state index >= 15 is 0 Å². The average Bonchev–Trinajstić information content (AvgIpc) is 2.69. The van der Waals surface area contributed by atoms with Crippen molar-refractivity contribution < 1.29 is 19.5 Å². The highest BCUT2D eigenvalue weighted by molar-refractivity contribution is 5.99. The van der Waals surface area contributed by atoms with Gasteiger partial charge in [0.05, 0.1) is 11.8 Å². The van der Waals surface area contributed by atoms with Gasteiger partial charge in [-0.25, -0.2) is 0 Å². The van der Waals surface area contributed by atoms with Crippen LogP contribution in [0, 0.1) is 11.3 Å². The van der Waals surface area contributed by atoms with Gasteiger partial charge in [-0.2, -0.15) is 0 Å². The van der Waals surface area contributed by atoms with Gasteiger partial charge in [0.1, 0.15) is 0 Å². The molecule has 2 amide bonds. The molecule has 0 bridgehead atoms. The van der Waals surface area contributed by atoms with Gasteiger partial charge in [0.25, 0.3) is 5.91 Å². The van der Waals surface area contributed by atoms with Crippen molar-refractivity contribution in [2.75, 3.05) is 18.4 Å². The molecule has 2 rings (SSSR count). The van der Waals surface area contributed by atoms with Crippen LogP contribution >= 0.6 is 0 Å².